The predicted octanol–water partition coefficient (Wildman–Crippen LogP) is 2.09. The Morgan fingerprint density at radius 2 is 1.70 bits per heavy atom. The van der Waals surface area contributed by atoms with Crippen LogP contribution in [0.3, 0.4) is 0 Å². The van der Waals surface area contributed by atoms with E-state index in [1.54, 1.807) is 7.05 Å². The van der Waals surface area contributed by atoms with Crippen LogP contribution in [0.5, 0.6) is 0 Å². The van der Waals surface area contributed by atoms with Gasteiger partial charge in [-0.05, 0) is 24.1 Å². The van der Waals surface area contributed by atoms with Crippen LogP contribution in [-0.4, -0.2) is 59.7 Å². The minimum atomic E-state index is -4.33. The number of alkyl halides is 3. The molecule has 27 heavy (non-hydrogen) atoms. The Labute approximate surface area is 174 Å². The van der Waals surface area contributed by atoms with Gasteiger partial charge < -0.3 is 15.4 Å². The molecule has 0 radical (unpaired) electrons. The van der Waals surface area contributed by atoms with Crippen molar-refractivity contribution in [2.45, 2.75) is 12.6 Å². The second-order valence-corrected chi connectivity index (χ2v) is 7.87. The van der Waals surface area contributed by atoms with Gasteiger partial charge in [0.2, 0.25) is 0 Å². The molecule has 0 unspecified atom stereocenters. The number of rotatable bonds is 9. The Morgan fingerprint density at radius 3 is 2.22 bits per heavy atom. The molecule has 0 saturated heterocycles. The van der Waals surface area contributed by atoms with E-state index in [0.29, 0.717) is 32.1 Å². The molecule has 156 valence electrons. The number of nitrogens with zero attached hydrogens (tertiary/aromatic N) is 1. The largest absolute Gasteiger partial charge is 0.416 e. The summed E-state index contributed by atoms with van der Waals surface area (Å²) in [5, 5.41) is 6.04. The number of guanidine groups is 1. The first-order valence-corrected chi connectivity index (χ1v) is 10.0. The Kier molecular flexibility index (Phi) is 11.9. The first kappa shape index (κ1) is 25.9. The Morgan fingerprint density at radius 1 is 1.11 bits per heavy atom. The minimum absolute atomic E-state index is 0. The highest BCUT2D eigenvalue weighted by molar-refractivity contribution is 14.0. The van der Waals surface area contributed by atoms with E-state index in [0.717, 1.165) is 24.0 Å². The first-order chi connectivity index (χ1) is 12.1. The SMILES string of the molecule is CN=C(NCCOCCS(C)(=O)=O)NCCc1ccc(C(F)(F)F)cc1.I. The van der Waals surface area contributed by atoms with Gasteiger partial charge in [-0.15, -0.1) is 24.0 Å². The molecule has 0 heterocycles. The summed E-state index contributed by atoms with van der Waals surface area (Å²) in [5.41, 5.74) is 0.118. The van der Waals surface area contributed by atoms with Gasteiger partial charge in [0, 0.05) is 26.4 Å². The lowest BCUT2D eigenvalue weighted by molar-refractivity contribution is -0.137. The van der Waals surface area contributed by atoms with Crippen molar-refractivity contribution in [3.63, 3.8) is 0 Å². The van der Waals surface area contributed by atoms with Gasteiger partial charge in [-0.3, -0.25) is 4.99 Å². The third-order valence-electron chi connectivity index (χ3n) is 3.35. The van der Waals surface area contributed by atoms with Crippen molar-refractivity contribution >= 4 is 39.8 Å². The summed E-state index contributed by atoms with van der Waals surface area (Å²) in [6.07, 6.45) is -2.63. The molecule has 0 aliphatic heterocycles. The molecule has 2 N–H and O–H groups in total. The van der Waals surface area contributed by atoms with Crippen molar-refractivity contribution in [3.05, 3.63) is 35.4 Å². The lowest BCUT2D eigenvalue weighted by atomic mass is 10.1. The van der Waals surface area contributed by atoms with Gasteiger partial charge in [0.15, 0.2) is 5.96 Å². The van der Waals surface area contributed by atoms with E-state index in [1.807, 2.05) is 0 Å². The number of benzene rings is 1. The third-order valence-corrected chi connectivity index (χ3v) is 4.26. The highest BCUT2D eigenvalue weighted by atomic mass is 127. The van der Waals surface area contributed by atoms with Crippen LogP contribution in [0.2, 0.25) is 0 Å². The molecular weight excluding hydrogens is 498 g/mol. The summed E-state index contributed by atoms with van der Waals surface area (Å²) in [5.74, 6) is 0.510. The summed E-state index contributed by atoms with van der Waals surface area (Å²) < 4.78 is 64.6. The van der Waals surface area contributed by atoms with Gasteiger partial charge >= 0.3 is 6.18 Å². The average molecular weight is 523 g/mol. The van der Waals surface area contributed by atoms with Crippen LogP contribution in [0.1, 0.15) is 11.1 Å². The summed E-state index contributed by atoms with van der Waals surface area (Å²) in [4.78, 5) is 4.02. The van der Waals surface area contributed by atoms with Gasteiger partial charge in [0.1, 0.15) is 9.84 Å². The van der Waals surface area contributed by atoms with E-state index in [-0.39, 0.29) is 36.3 Å². The van der Waals surface area contributed by atoms with Crippen LogP contribution in [0.25, 0.3) is 0 Å². The molecule has 0 fully saturated rings. The molecule has 0 saturated carbocycles. The fourth-order valence-electron chi connectivity index (χ4n) is 1.96. The van der Waals surface area contributed by atoms with Crippen molar-refractivity contribution < 1.29 is 26.3 Å². The lowest BCUT2D eigenvalue weighted by Crippen LogP contribution is -2.39. The smallest absolute Gasteiger partial charge is 0.379 e. The molecule has 1 aromatic carbocycles. The van der Waals surface area contributed by atoms with Gasteiger partial charge in [-0.25, -0.2) is 8.42 Å². The standard InChI is InChI=1S/C16H24F3N3O3S.HI/c1-20-15(22-9-10-25-11-12-26(2,23)24)21-8-7-13-3-5-14(6-4-13)16(17,18)19;/h3-6H,7-12H2,1-2H3,(H2,20,21,22);1H. The van der Waals surface area contributed by atoms with E-state index >= 15 is 0 Å². The van der Waals surface area contributed by atoms with Crippen LogP contribution < -0.4 is 10.6 Å². The quantitative estimate of drug-likeness (QED) is 0.225. The normalized spacial score (nSPS) is 12.4. The lowest BCUT2D eigenvalue weighted by Gasteiger charge is -2.12. The number of nitrogens with one attached hydrogen (secondary N) is 2. The molecule has 0 atom stereocenters. The van der Waals surface area contributed by atoms with Gasteiger partial charge in [0.05, 0.1) is 24.5 Å². The molecule has 0 aromatic heterocycles. The molecule has 0 aliphatic carbocycles. The average Bonchev–Trinajstić information content (AvgIpc) is 2.55. The number of hydrogen-bond acceptors (Lipinski definition) is 4. The predicted molar refractivity (Wildman–Crippen MR) is 110 cm³/mol. The molecule has 0 bridgehead atoms. The third kappa shape index (κ3) is 12.1. The fraction of sp³-hybridized carbons (Fsp3) is 0.562. The minimum Gasteiger partial charge on any atom is -0.379 e. The Balaban J connectivity index is 0.00000676. The Hall–Kier alpha value is -1.08. The number of ether oxygens (including phenoxy) is 1. The molecule has 11 heteroatoms. The highest BCUT2D eigenvalue weighted by Crippen LogP contribution is 2.29. The van der Waals surface area contributed by atoms with Crippen molar-refractivity contribution in [1.82, 2.24) is 10.6 Å². The van der Waals surface area contributed by atoms with Crippen LogP contribution >= 0.6 is 24.0 Å². The van der Waals surface area contributed by atoms with Gasteiger partial charge in [0.25, 0.3) is 0 Å². The van der Waals surface area contributed by atoms with E-state index in [2.05, 4.69) is 15.6 Å². The zero-order valence-corrected chi connectivity index (χ0v) is 18.3. The second-order valence-electron chi connectivity index (χ2n) is 5.61. The topological polar surface area (TPSA) is 79.8 Å². The Bertz CT molecular complexity index is 680. The van der Waals surface area contributed by atoms with Gasteiger partial charge in [-0.1, -0.05) is 12.1 Å². The second kappa shape index (κ2) is 12.4. The zero-order valence-electron chi connectivity index (χ0n) is 15.2. The summed E-state index contributed by atoms with van der Waals surface area (Å²) in [7, 11) is -1.43. The highest BCUT2D eigenvalue weighted by Gasteiger charge is 2.29. The number of halogens is 4. The van der Waals surface area contributed by atoms with Crippen LogP contribution in [0, 0.1) is 0 Å². The van der Waals surface area contributed by atoms with E-state index in [1.165, 1.54) is 12.1 Å². The van der Waals surface area contributed by atoms with Crippen LogP contribution in [0.4, 0.5) is 13.2 Å². The molecule has 0 aliphatic rings. The van der Waals surface area contributed by atoms with Crippen molar-refractivity contribution in [3.8, 4) is 0 Å². The summed E-state index contributed by atoms with van der Waals surface area (Å²) in [6.45, 7) is 1.42. The molecule has 0 amide bonds. The number of hydrogen-bond donors (Lipinski definition) is 2. The van der Waals surface area contributed by atoms with Crippen molar-refractivity contribution in [1.29, 1.82) is 0 Å². The first-order valence-electron chi connectivity index (χ1n) is 7.98. The molecule has 1 rings (SSSR count). The van der Waals surface area contributed by atoms with E-state index in [4.69, 9.17) is 4.74 Å². The molecule has 1 aromatic rings. The summed E-state index contributed by atoms with van der Waals surface area (Å²) >= 11 is 0. The van der Waals surface area contributed by atoms with Crippen molar-refractivity contribution in [2.75, 3.05) is 45.4 Å². The van der Waals surface area contributed by atoms with Crippen LogP contribution in [-0.2, 0) is 27.2 Å². The fourth-order valence-corrected chi connectivity index (χ4v) is 2.38. The zero-order chi connectivity index (χ0) is 19.6. The maximum absolute atomic E-state index is 12.5. The molecule has 6 nitrogen and oxygen atoms in total. The maximum atomic E-state index is 12.5. The van der Waals surface area contributed by atoms with Crippen LogP contribution in [0.15, 0.2) is 29.3 Å². The van der Waals surface area contributed by atoms with E-state index < -0.39 is 21.6 Å². The molecular formula is C16H25F3IN3O3S. The van der Waals surface area contributed by atoms with Gasteiger partial charge in [-0.2, -0.15) is 13.2 Å². The number of aliphatic imine (C=N–C) groups is 1. The summed E-state index contributed by atoms with van der Waals surface area (Å²) in [6, 6.07) is 5.04. The van der Waals surface area contributed by atoms with E-state index in [9.17, 15) is 21.6 Å². The number of sulfone groups is 1. The van der Waals surface area contributed by atoms with Crippen molar-refractivity contribution in [2.24, 2.45) is 4.99 Å². The monoisotopic (exact) mass is 523 g/mol. The maximum Gasteiger partial charge on any atom is 0.416 e. The molecule has 0 spiro atoms.